The normalized spacial score (nSPS) is 11.7. The smallest absolute Gasteiger partial charge is 0.336 e. The predicted molar refractivity (Wildman–Crippen MR) is 74.1 cm³/mol. The fourth-order valence-electron chi connectivity index (χ4n) is 1.75. The van der Waals surface area contributed by atoms with Gasteiger partial charge in [0.25, 0.3) is 0 Å². The Hall–Kier alpha value is -2.71. The summed E-state index contributed by atoms with van der Waals surface area (Å²) in [5.74, 6) is -2.79. The zero-order chi connectivity index (χ0) is 16.3. The van der Waals surface area contributed by atoms with Crippen LogP contribution in [0.1, 0.15) is 20.7 Å². The minimum atomic E-state index is -2.53. The van der Waals surface area contributed by atoms with E-state index in [1.165, 1.54) is 24.3 Å². The van der Waals surface area contributed by atoms with Gasteiger partial charge in [-0.05, 0) is 41.4 Å². The third-order valence-electron chi connectivity index (χ3n) is 2.71. The molecule has 2 aromatic carbocycles. The maximum Gasteiger partial charge on any atom is 0.336 e. The number of rotatable bonds is 5. The molecular weight excluding hydrogens is 312 g/mol. The van der Waals surface area contributed by atoms with Crippen LogP contribution in [0.25, 0.3) is 0 Å². The van der Waals surface area contributed by atoms with E-state index in [2.05, 4.69) is 0 Å². The van der Waals surface area contributed by atoms with Crippen molar-refractivity contribution in [3.05, 3.63) is 53.6 Å². The summed E-state index contributed by atoms with van der Waals surface area (Å²) in [6.07, 6.45) is 0. The summed E-state index contributed by atoms with van der Waals surface area (Å²) in [6, 6.07) is 9.14. The third kappa shape index (κ3) is 3.30. The summed E-state index contributed by atoms with van der Waals surface area (Å²) in [6.45, 7) is 0. The molecule has 2 aromatic rings. The van der Waals surface area contributed by atoms with Crippen LogP contribution in [0.3, 0.4) is 0 Å². The Morgan fingerprint density at radius 1 is 1.00 bits per heavy atom. The molecule has 0 fully saturated rings. The second kappa shape index (κ2) is 6.37. The van der Waals surface area contributed by atoms with Crippen LogP contribution >= 0.6 is 0 Å². The number of carboxylic acid groups (broad SMARTS) is 2. The van der Waals surface area contributed by atoms with E-state index in [9.17, 15) is 18.4 Å². The van der Waals surface area contributed by atoms with Crippen LogP contribution in [-0.2, 0) is 11.1 Å². The molecule has 0 spiro atoms. The summed E-state index contributed by atoms with van der Waals surface area (Å²) >= 11 is -2.53. The first-order valence-electron chi connectivity index (χ1n) is 5.87. The van der Waals surface area contributed by atoms with Gasteiger partial charge in [0.1, 0.15) is 11.5 Å². The number of para-hydroxylation sites is 1. The molecule has 0 aliphatic rings. The fourth-order valence-corrected chi connectivity index (χ4v) is 2.21. The van der Waals surface area contributed by atoms with Crippen molar-refractivity contribution in [2.45, 2.75) is 4.90 Å². The van der Waals surface area contributed by atoms with Gasteiger partial charge in [0.15, 0.2) is 0 Å². The van der Waals surface area contributed by atoms with Gasteiger partial charge in [0.2, 0.25) is 0 Å². The molecule has 0 aromatic heterocycles. The van der Waals surface area contributed by atoms with Crippen molar-refractivity contribution >= 4 is 23.0 Å². The second-order valence-corrected chi connectivity index (χ2v) is 5.01. The molecule has 8 heteroatoms. The summed E-state index contributed by atoms with van der Waals surface area (Å²) in [4.78, 5) is 21.9. The Labute approximate surface area is 127 Å². The van der Waals surface area contributed by atoms with E-state index in [1.807, 2.05) is 0 Å². The molecule has 22 heavy (non-hydrogen) atoms. The molecular formula is C14H9O7S-. The molecule has 0 amide bonds. The number of hydrogen-bond donors (Lipinski definition) is 2. The molecule has 1 unspecified atom stereocenters. The number of carbonyl (C=O) groups is 2. The van der Waals surface area contributed by atoms with Crippen LogP contribution in [0.4, 0.5) is 0 Å². The van der Waals surface area contributed by atoms with E-state index in [-0.39, 0.29) is 22.0 Å². The number of hydrogen-bond acceptors (Lipinski definition) is 5. The molecule has 0 saturated carbocycles. The Morgan fingerprint density at radius 2 is 1.64 bits per heavy atom. The molecule has 2 rings (SSSR count). The standard InChI is InChI=1S/C14H10O7S/c15-13(16)9-6-5-8(7-10(9)14(17)18)21-11-3-1-2-4-12(11)22(19)20/h1-7H,(H,15,16)(H,17,18)(H,19,20)/p-1. The van der Waals surface area contributed by atoms with E-state index in [0.29, 0.717) is 0 Å². The minimum absolute atomic E-state index is 0.00949. The van der Waals surface area contributed by atoms with E-state index in [4.69, 9.17) is 14.9 Å². The van der Waals surface area contributed by atoms with Crippen molar-refractivity contribution in [3.8, 4) is 11.5 Å². The SMILES string of the molecule is O=C(O)c1ccc(Oc2ccccc2S(=O)[O-])cc1C(=O)O. The van der Waals surface area contributed by atoms with Crippen molar-refractivity contribution in [2.75, 3.05) is 0 Å². The molecule has 114 valence electrons. The maximum atomic E-state index is 11.1. The van der Waals surface area contributed by atoms with Gasteiger partial charge in [0, 0.05) is 0 Å². The molecule has 0 aliphatic heterocycles. The summed E-state index contributed by atoms with van der Waals surface area (Å²) in [5.41, 5.74) is -0.841. The molecule has 0 radical (unpaired) electrons. The molecule has 0 saturated heterocycles. The summed E-state index contributed by atoms with van der Waals surface area (Å²) in [5, 5.41) is 18.0. The van der Waals surface area contributed by atoms with Gasteiger partial charge in [-0.2, -0.15) is 0 Å². The Bertz CT molecular complexity index is 770. The quantitative estimate of drug-likeness (QED) is 0.808. The Kier molecular flexibility index (Phi) is 4.54. The Balaban J connectivity index is 2.43. The van der Waals surface area contributed by atoms with Crippen LogP contribution < -0.4 is 4.74 Å². The summed E-state index contributed by atoms with van der Waals surface area (Å²) < 4.78 is 27.5. The van der Waals surface area contributed by atoms with Gasteiger partial charge in [-0.25, -0.2) is 9.59 Å². The highest BCUT2D eigenvalue weighted by Gasteiger charge is 2.17. The average molecular weight is 321 g/mol. The lowest BCUT2D eigenvalue weighted by atomic mass is 10.1. The number of ether oxygens (including phenoxy) is 1. The molecule has 0 bridgehead atoms. The first-order valence-corrected chi connectivity index (χ1v) is 6.94. The summed E-state index contributed by atoms with van der Waals surface area (Å²) in [7, 11) is 0. The third-order valence-corrected chi connectivity index (χ3v) is 3.40. The molecule has 7 nitrogen and oxygen atoms in total. The lowest BCUT2D eigenvalue weighted by molar-refractivity contribution is 0.0651. The van der Waals surface area contributed by atoms with Crippen LogP contribution in [-0.4, -0.2) is 30.9 Å². The minimum Gasteiger partial charge on any atom is -0.768 e. The van der Waals surface area contributed by atoms with Gasteiger partial charge in [0.05, 0.1) is 16.0 Å². The van der Waals surface area contributed by atoms with Crippen LogP contribution in [0.15, 0.2) is 47.4 Å². The lowest BCUT2D eigenvalue weighted by Gasteiger charge is -2.13. The lowest BCUT2D eigenvalue weighted by Crippen LogP contribution is -2.08. The van der Waals surface area contributed by atoms with Crippen molar-refractivity contribution < 1.29 is 33.3 Å². The van der Waals surface area contributed by atoms with E-state index < -0.39 is 28.6 Å². The number of benzene rings is 2. The zero-order valence-corrected chi connectivity index (χ0v) is 11.7. The number of carboxylic acids is 2. The molecule has 2 N–H and O–H groups in total. The fraction of sp³-hybridized carbons (Fsp3) is 0. The van der Waals surface area contributed by atoms with Crippen molar-refractivity contribution in [1.82, 2.24) is 0 Å². The van der Waals surface area contributed by atoms with Crippen LogP contribution in [0.2, 0.25) is 0 Å². The van der Waals surface area contributed by atoms with Gasteiger partial charge in [-0.15, -0.1) is 0 Å². The first-order chi connectivity index (χ1) is 10.4. The van der Waals surface area contributed by atoms with Gasteiger partial charge < -0.3 is 19.5 Å². The topological polar surface area (TPSA) is 124 Å². The zero-order valence-electron chi connectivity index (χ0n) is 10.9. The van der Waals surface area contributed by atoms with Crippen molar-refractivity contribution in [3.63, 3.8) is 0 Å². The first kappa shape index (κ1) is 15.7. The highest BCUT2D eigenvalue weighted by Crippen LogP contribution is 2.28. The van der Waals surface area contributed by atoms with E-state index >= 15 is 0 Å². The highest BCUT2D eigenvalue weighted by atomic mass is 32.2. The van der Waals surface area contributed by atoms with Crippen molar-refractivity contribution in [1.29, 1.82) is 0 Å². The van der Waals surface area contributed by atoms with E-state index in [0.717, 1.165) is 12.1 Å². The van der Waals surface area contributed by atoms with Crippen LogP contribution in [0, 0.1) is 0 Å². The largest absolute Gasteiger partial charge is 0.768 e. The van der Waals surface area contributed by atoms with Gasteiger partial charge >= 0.3 is 11.9 Å². The van der Waals surface area contributed by atoms with Crippen LogP contribution in [0.5, 0.6) is 11.5 Å². The van der Waals surface area contributed by atoms with Gasteiger partial charge in [-0.3, -0.25) is 4.21 Å². The number of aromatic carboxylic acids is 2. The van der Waals surface area contributed by atoms with Gasteiger partial charge in [-0.1, -0.05) is 12.1 Å². The predicted octanol–water partition coefficient (Wildman–Crippen LogP) is 2.11. The monoisotopic (exact) mass is 321 g/mol. The average Bonchev–Trinajstić information content (AvgIpc) is 2.47. The molecule has 1 atom stereocenters. The van der Waals surface area contributed by atoms with Crippen molar-refractivity contribution in [2.24, 2.45) is 0 Å². The second-order valence-electron chi connectivity index (χ2n) is 4.10. The highest BCUT2D eigenvalue weighted by molar-refractivity contribution is 7.79. The molecule has 0 heterocycles. The Morgan fingerprint density at radius 3 is 2.23 bits per heavy atom. The maximum absolute atomic E-state index is 11.1. The molecule has 0 aliphatic carbocycles. The van der Waals surface area contributed by atoms with E-state index in [1.54, 1.807) is 6.07 Å².